The fraction of sp³-hybridized carbons (Fsp3) is 0.250. The highest BCUT2D eigenvalue weighted by molar-refractivity contribution is 9.10. The molecule has 0 unspecified atom stereocenters. The molecule has 0 aliphatic heterocycles. The van der Waals surface area contributed by atoms with E-state index in [0.29, 0.717) is 12.1 Å². The number of para-hydroxylation sites is 1. The Labute approximate surface area is 122 Å². The molecule has 2 aromatic rings. The molecule has 0 aliphatic carbocycles. The fourth-order valence-corrected chi connectivity index (χ4v) is 2.55. The number of anilines is 1. The van der Waals surface area contributed by atoms with E-state index >= 15 is 0 Å². The van der Waals surface area contributed by atoms with Gasteiger partial charge in [0, 0.05) is 22.3 Å². The smallest absolute Gasteiger partial charge is 0.128 e. The lowest BCUT2D eigenvalue weighted by atomic mass is 10.1. The zero-order chi connectivity index (χ0) is 13.8. The monoisotopic (exact) mass is 321 g/mol. The summed E-state index contributed by atoms with van der Waals surface area (Å²) in [5, 5.41) is 3.36. The molecular weight excluding hydrogens is 305 g/mol. The van der Waals surface area contributed by atoms with Crippen molar-refractivity contribution in [3.63, 3.8) is 0 Å². The van der Waals surface area contributed by atoms with E-state index < -0.39 is 0 Å². The number of rotatable bonds is 4. The average molecular weight is 322 g/mol. The number of benzene rings is 2. The third-order valence-corrected chi connectivity index (χ3v) is 3.70. The lowest BCUT2D eigenvalue weighted by Crippen LogP contribution is -2.05. The molecule has 0 heterocycles. The van der Waals surface area contributed by atoms with Crippen molar-refractivity contribution in [3.05, 3.63) is 63.4 Å². The molecule has 2 aromatic carbocycles. The maximum absolute atomic E-state index is 13.7. The molecule has 2 rings (SSSR count). The summed E-state index contributed by atoms with van der Waals surface area (Å²) in [6.45, 7) is 4.68. The summed E-state index contributed by atoms with van der Waals surface area (Å²) in [6, 6.07) is 11.2. The van der Waals surface area contributed by atoms with Gasteiger partial charge < -0.3 is 5.32 Å². The summed E-state index contributed by atoms with van der Waals surface area (Å²) in [7, 11) is 0. The van der Waals surface area contributed by atoms with Crippen molar-refractivity contribution in [3.8, 4) is 0 Å². The zero-order valence-corrected chi connectivity index (χ0v) is 12.7. The maximum atomic E-state index is 13.7. The van der Waals surface area contributed by atoms with Gasteiger partial charge in [-0.3, -0.25) is 0 Å². The highest BCUT2D eigenvalue weighted by Crippen LogP contribution is 2.23. The lowest BCUT2D eigenvalue weighted by Gasteiger charge is -2.14. The van der Waals surface area contributed by atoms with Crippen LogP contribution in [0.3, 0.4) is 0 Å². The summed E-state index contributed by atoms with van der Waals surface area (Å²) in [5.41, 5.74) is 4.23. The van der Waals surface area contributed by atoms with Crippen LogP contribution >= 0.6 is 15.9 Å². The van der Waals surface area contributed by atoms with Crippen LogP contribution in [-0.2, 0) is 13.0 Å². The van der Waals surface area contributed by atoms with Crippen LogP contribution in [0, 0.1) is 12.7 Å². The van der Waals surface area contributed by atoms with E-state index in [9.17, 15) is 4.39 Å². The van der Waals surface area contributed by atoms with Gasteiger partial charge in [-0.15, -0.1) is 0 Å². The minimum atomic E-state index is -0.178. The molecule has 0 aliphatic rings. The molecule has 0 radical (unpaired) electrons. The van der Waals surface area contributed by atoms with Crippen LogP contribution in [0.2, 0.25) is 0 Å². The van der Waals surface area contributed by atoms with E-state index in [1.807, 2.05) is 6.07 Å². The van der Waals surface area contributed by atoms with Crippen LogP contribution < -0.4 is 5.32 Å². The summed E-state index contributed by atoms with van der Waals surface area (Å²) in [5.74, 6) is -0.178. The molecule has 0 fully saturated rings. The summed E-state index contributed by atoms with van der Waals surface area (Å²) in [4.78, 5) is 0. The van der Waals surface area contributed by atoms with Gasteiger partial charge in [-0.1, -0.05) is 41.1 Å². The molecule has 0 bridgehead atoms. The molecule has 3 heteroatoms. The highest BCUT2D eigenvalue weighted by Gasteiger charge is 2.06. The second kappa shape index (κ2) is 6.20. The van der Waals surface area contributed by atoms with E-state index in [2.05, 4.69) is 53.3 Å². The molecule has 0 atom stereocenters. The lowest BCUT2D eigenvalue weighted by molar-refractivity contribution is 0.612. The van der Waals surface area contributed by atoms with E-state index in [0.717, 1.165) is 16.6 Å². The van der Waals surface area contributed by atoms with Gasteiger partial charge >= 0.3 is 0 Å². The third-order valence-electron chi connectivity index (χ3n) is 3.20. The van der Waals surface area contributed by atoms with Crippen molar-refractivity contribution in [1.82, 2.24) is 0 Å². The Morgan fingerprint density at radius 1 is 1.16 bits per heavy atom. The predicted molar refractivity (Wildman–Crippen MR) is 82.0 cm³/mol. The number of halogens is 2. The van der Waals surface area contributed by atoms with Gasteiger partial charge in [0.15, 0.2) is 0 Å². The Morgan fingerprint density at radius 3 is 2.68 bits per heavy atom. The summed E-state index contributed by atoms with van der Waals surface area (Å²) >= 11 is 3.37. The van der Waals surface area contributed by atoms with Crippen LogP contribution in [0.15, 0.2) is 40.9 Å². The molecule has 0 saturated heterocycles. The number of hydrogen-bond donors (Lipinski definition) is 1. The van der Waals surface area contributed by atoms with Crippen LogP contribution in [0.5, 0.6) is 0 Å². The first-order valence-electron chi connectivity index (χ1n) is 6.38. The second-order valence-corrected chi connectivity index (χ2v) is 5.47. The van der Waals surface area contributed by atoms with Crippen LogP contribution in [-0.4, -0.2) is 0 Å². The molecule has 0 aromatic heterocycles. The SMILES string of the molecule is CCc1cccc(C)c1NCc1cc(Br)ccc1F. The van der Waals surface area contributed by atoms with Crippen molar-refractivity contribution in [1.29, 1.82) is 0 Å². The molecule has 0 amide bonds. The standard InChI is InChI=1S/C16H17BrFN/c1-3-12-6-4-5-11(2)16(12)19-10-13-9-14(17)7-8-15(13)18/h4-9,19H,3,10H2,1-2H3. The quantitative estimate of drug-likeness (QED) is 0.828. The first-order chi connectivity index (χ1) is 9.11. The Kier molecular flexibility index (Phi) is 4.59. The van der Waals surface area contributed by atoms with Gasteiger partial charge in [-0.05, 0) is 42.7 Å². The van der Waals surface area contributed by atoms with Gasteiger partial charge in [0.05, 0.1) is 0 Å². The Morgan fingerprint density at radius 2 is 1.95 bits per heavy atom. The molecule has 1 nitrogen and oxygen atoms in total. The number of hydrogen-bond acceptors (Lipinski definition) is 1. The molecule has 1 N–H and O–H groups in total. The Bertz CT molecular complexity index is 581. The molecule has 0 spiro atoms. The van der Waals surface area contributed by atoms with Gasteiger partial charge in [-0.25, -0.2) is 4.39 Å². The van der Waals surface area contributed by atoms with Crippen LogP contribution in [0.4, 0.5) is 10.1 Å². The van der Waals surface area contributed by atoms with E-state index in [-0.39, 0.29) is 5.82 Å². The minimum Gasteiger partial charge on any atom is -0.380 e. The topological polar surface area (TPSA) is 12.0 Å². The molecule has 100 valence electrons. The minimum absolute atomic E-state index is 0.178. The van der Waals surface area contributed by atoms with Gasteiger partial charge in [0.1, 0.15) is 5.82 Å². The first-order valence-corrected chi connectivity index (χ1v) is 7.17. The number of aryl methyl sites for hydroxylation is 2. The van der Waals surface area contributed by atoms with E-state index in [1.54, 1.807) is 6.07 Å². The zero-order valence-electron chi connectivity index (χ0n) is 11.1. The number of nitrogens with one attached hydrogen (secondary N) is 1. The second-order valence-electron chi connectivity index (χ2n) is 4.55. The highest BCUT2D eigenvalue weighted by atomic mass is 79.9. The van der Waals surface area contributed by atoms with E-state index in [1.165, 1.54) is 17.2 Å². The Hall–Kier alpha value is -1.35. The normalized spacial score (nSPS) is 10.5. The third kappa shape index (κ3) is 3.35. The van der Waals surface area contributed by atoms with Gasteiger partial charge in [0.25, 0.3) is 0 Å². The van der Waals surface area contributed by atoms with Crippen molar-refractivity contribution in [2.75, 3.05) is 5.32 Å². The largest absolute Gasteiger partial charge is 0.380 e. The van der Waals surface area contributed by atoms with Gasteiger partial charge in [-0.2, -0.15) is 0 Å². The van der Waals surface area contributed by atoms with Crippen molar-refractivity contribution >= 4 is 21.6 Å². The van der Waals surface area contributed by atoms with Crippen LogP contribution in [0.25, 0.3) is 0 Å². The maximum Gasteiger partial charge on any atom is 0.128 e. The van der Waals surface area contributed by atoms with Crippen molar-refractivity contribution in [2.24, 2.45) is 0 Å². The predicted octanol–water partition coefficient (Wildman–Crippen LogP) is 5.07. The summed E-state index contributed by atoms with van der Waals surface area (Å²) < 4.78 is 14.6. The Balaban J connectivity index is 2.21. The van der Waals surface area contributed by atoms with Gasteiger partial charge in [0.2, 0.25) is 0 Å². The molecule has 19 heavy (non-hydrogen) atoms. The van der Waals surface area contributed by atoms with Crippen LogP contribution in [0.1, 0.15) is 23.6 Å². The fourth-order valence-electron chi connectivity index (χ4n) is 2.14. The average Bonchev–Trinajstić information content (AvgIpc) is 2.40. The first kappa shape index (κ1) is 14.1. The van der Waals surface area contributed by atoms with Crippen molar-refractivity contribution in [2.45, 2.75) is 26.8 Å². The van der Waals surface area contributed by atoms with E-state index in [4.69, 9.17) is 0 Å². The van der Waals surface area contributed by atoms with Crippen molar-refractivity contribution < 1.29 is 4.39 Å². The summed E-state index contributed by atoms with van der Waals surface area (Å²) in [6.07, 6.45) is 0.963. The molecular formula is C16H17BrFN. The molecule has 0 saturated carbocycles.